The minimum Gasteiger partial charge on any atom is -0.380 e. The van der Waals surface area contributed by atoms with Crippen molar-refractivity contribution in [3.63, 3.8) is 0 Å². The summed E-state index contributed by atoms with van der Waals surface area (Å²) >= 11 is 0. The van der Waals surface area contributed by atoms with Crippen molar-refractivity contribution in [3.8, 4) is 5.69 Å². The highest BCUT2D eigenvalue weighted by atomic mass is 16.5. The number of rotatable bonds is 8. The van der Waals surface area contributed by atoms with Gasteiger partial charge in [-0.3, -0.25) is 0 Å². The Labute approximate surface area is 137 Å². The number of nitrogens with zero attached hydrogens (tertiary/aromatic N) is 3. The minimum atomic E-state index is 0.610. The third kappa shape index (κ3) is 5.75. The van der Waals surface area contributed by atoms with E-state index in [2.05, 4.69) is 39.8 Å². The fourth-order valence-corrected chi connectivity index (χ4v) is 2.12. The van der Waals surface area contributed by atoms with Crippen LogP contribution in [-0.4, -0.2) is 42.0 Å². The lowest BCUT2D eigenvalue weighted by molar-refractivity contribution is 0.152. The Kier molecular flexibility index (Phi) is 7.13. The monoisotopic (exact) mass is 315 g/mol. The van der Waals surface area contributed by atoms with E-state index < -0.39 is 0 Å². The SMILES string of the molecule is CCNC(=NCc1cccc(-n2cccn2)c1)NCCOCC. The van der Waals surface area contributed by atoms with Crippen molar-refractivity contribution in [2.45, 2.75) is 20.4 Å². The summed E-state index contributed by atoms with van der Waals surface area (Å²) in [6.45, 7) is 7.63. The molecule has 0 fully saturated rings. The van der Waals surface area contributed by atoms with Crippen molar-refractivity contribution in [1.82, 2.24) is 20.4 Å². The van der Waals surface area contributed by atoms with Crippen molar-refractivity contribution < 1.29 is 4.74 Å². The van der Waals surface area contributed by atoms with Crippen molar-refractivity contribution in [2.75, 3.05) is 26.3 Å². The molecule has 0 aliphatic carbocycles. The minimum absolute atomic E-state index is 0.610. The third-order valence-electron chi connectivity index (χ3n) is 3.19. The lowest BCUT2D eigenvalue weighted by Crippen LogP contribution is -2.39. The molecule has 0 spiro atoms. The van der Waals surface area contributed by atoms with Gasteiger partial charge in [0.2, 0.25) is 0 Å². The van der Waals surface area contributed by atoms with E-state index >= 15 is 0 Å². The molecule has 6 heteroatoms. The molecule has 1 aromatic heterocycles. The second kappa shape index (κ2) is 9.63. The van der Waals surface area contributed by atoms with Crippen molar-refractivity contribution in [1.29, 1.82) is 0 Å². The highest BCUT2D eigenvalue weighted by molar-refractivity contribution is 5.79. The molecular weight excluding hydrogens is 290 g/mol. The molecule has 1 aromatic carbocycles. The first-order chi connectivity index (χ1) is 11.3. The van der Waals surface area contributed by atoms with Crippen molar-refractivity contribution in [2.24, 2.45) is 4.99 Å². The first kappa shape index (κ1) is 17.0. The Morgan fingerprint density at radius 3 is 2.91 bits per heavy atom. The number of guanidine groups is 1. The second-order valence-electron chi connectivity index (χ2n) is 4.94. The van der Waals surface area contributed by atoms with Gasteiger partial charge in [-0.05, 0) is 37.6 Å². The molecule has 0 saturated heterocycles. The second-order valence-corrected chi connectivity index (χ2v) is 4.94. The van der Waals surface area contributed by atoms with E-state index in [0.29, 0.717) is 13.2 Å². The zero-order valence-corrected chi connectivity index (χ0v) is 13.8. The zero-order chi connectivity index (χ0) is 16.3. The van der Waals surface area contributed by atoms with E-state index in [9.17, 15) is 0 Å². The van der Waals surface area contributed by atoms with Crippen LogP contribution in [0.1, 0.15) is 19.4 Å². The molecule has 0 aliphatic rings. The highest BCUT2D eigenvalue weighted by Gasteiger charge is 2.00. The topological polar surface area (TPSA) is 63.5 Å². The number of hydrogen-bond acceptors (Lipinski definition) is 3. The van der Waals surface area contributed by atoms with Gasteiger partial charge < -0.3 is 15.4 Å². The van der Waals surface area contributed by atoms with E-state index in [1.807, 2.05) is 36.0 Å². The van der Waals surface area contributed by atoms with Crippen LogP contribution >= 0.6 is 0 Å². The molecule has 0 unspecified atom stereocenters. The van der Waals surface area contributed by atoms with Gasteiger partial charge >= 0.3 is 0 Å². The van der Waals surface area contributed by atoms with Gasteiger partial charge in [0, 0.05) is 32.1 Å². The van der Waals surface area contributed by atoms with Gasteiger partial charge in [-0.2, -0.15) is 5.10 Å². The van der Waals surface area contributed by atoms with Gasteiger partial charge in [0.15, 0.2) is 5.96 Å². The number of ether oxygens (including phenoxy) is 1. The predicted octanol–water partition coefficient (Wildman–Crippen LogP) is 1.96. The summed E-state index contributed by atoms with van der Waals surface area (Å²) in [4.78, 5) is 4.61. The summed E-state index contributed by atoms with van der Waals surface area (Å²) in [5.41, 5.74) is 2.18. The van der Waals surface area contributed by atoms with Crippen LogP contribution in [0.4, 0.5) is 0 Å². The Balaban J connectivity index is 1.96. The molecule has 1 heterocycles. The van der Waals surface area contributed by atoms with Crippen LogP contribution in [-0.2, 0) is 11.3 Å². The van der Waals surface area contributed by atoms with Crippen LogP contribution in [0.3, 0.4) is 0 Å². The van der Waals surface area contributed by atoms with Crippen molar-refractivity contribution >= 4 is 5.96 Å². The Bertz CT molecular complexity index is 595. The fraction of sp³-hybridized carbons (Fsp3) is 0.412. The molecule has 0 atom stereocenters. The molecule has 0 radical (unpaired) electrons. The standard InChI is InChI=1S/C17H25N5O/c1-3-18-17(19-10-12-23-4-2)20-14-15-7-5-8-16(13-15)22-11-6-9-21-22/h5-9,11,13H,3-4,10,12,14H2,1-2H3,(H2,18,19,20). The largest absolute Gasteiger partial charge is 0.380 e. The zero-order valence-electron chi connectivity index (χ0n) is 13.8. The number of aromatic nitrogens is 2. The quantitative estimate of drug-likeness (QED) is 0.444. The first-order valence-electron chi connectivity index (χ1n) is 8.02. The maximum absolute atomic E-state index is 5.33. The molecule has 2 aromatic rings. The molecule has 0 amide bonds. The summed E-state index contributed by atoms with van der Waals surface area (Å²) in [7, 11) is 0. The van der Waals surface area contributed by atoms with Gasteiger partial charge in [0.05, 0.1) is 18.8 Å². The average molecular weight is 315 g/mol. The lowest BCUT2D eigenvalue weighted by atomic mass is 10.2. The molecule has 0 saturated carbocycles. The highest BCUT2D eigenvalue weighted by Crippen LogP contribution is 2.10. The van der Waals surface area contributed by atoms with Crippen LogP contribution in [0, 0.1) is 0 Å². The maximum atomic E-state index is 5.33. The van der Waals surface area contributed by atoms with E-state index in [0.717, 1.165) is 36.9 Å². The van der Waals surface area contributed by atoms with E-state index in [1.165, 1.54) is 0 Å². The summed E-state index contributed by atoms with van der Waals surface area (Å²) in [6.07, 6.45) is 3.71. The molecule has 0 bridgehead atoms. The average Bonchev–Trinajstić information content (AvgIpc) is 3.11. The third-order valence-corrected chi connectivity index (χ3v) is 3.19. The Morgan fingerprint density at radius 2 is 2.17 bits per heavy atom. The predicted molar refractivity (Wildman–Crippen MR) is 92.9 cm³/mol. The smallest absolute Gasteiger partial charge is 0.191 e. The summed E-state index contributed by atoms with van der Waals surface area (Å²) < 4.78 is 7.17. The summed E-state index contributed by atoms with van der Waals surface area (Å²) in [5, 5.41) is 10.8. The molecule has 2 rings (SSSR count). The van der Waals surface area contributed by atoms with Crippen LogP contribution in [0.5, 0.6) is 0 Å². The van der Waals surface area contributed by atoms with E-state index in [4.69, 9.17) is 4.74 Å². The summed E-state index contributed by atoms with van der Waals surface area (Å²) in [5.74, 6) is 0.802. The van der Waals surface area contributed by atoms with Gasteiger partial charge in [-0.15, -0.1) is 0 Å². The van der Waals surface area contributed by atoms with Crippen molar-refractivity contribution in [3.05, 3.63) is 48.3 Å². The molecule has 2 N–H and O–H groups in total. The molecule has 23 heavy (non-hydrogen) atoms. The van der Waals surface area contributed by atoms with E-state index in [-0.39, 0.29) is 0 Å². The normalized spacial score (nSPS) is 11.5. The number of hydrogen-bond donors (Lipinski definition) is 2. The fourth-order valence-electron chi connectivity index (χ4n) is 2.12. The van der Waals surface area contributed by atoms with Gasteiger partial charge in [-0.1, -0.05) is 12.1 Å². The number of aliphatic imine (C=N–C) groups is 1. The lowest BCUT2D eigenvalue weighted by Gasteiger charge is -2.11. The van der Waals surface area contributed by atoms with E-state index in [1.54, 1.807) is 6.20 Å². The van der Waals surface area contributed by atoms with Gasteiger partial charge in [0.25, 0.3) is 0 Å². The molecular formula is C17H25N5O. The summed E-state index contributed by atoms with van der Waals surface area (Å²) in [6, 6.07) is 10.1. The van der Waals surface area contributed by atoms with Gasteiger partial charge in [-0.25, -0.2) is 9.67 Å². The molecule has 0 aliphatic heterocycles. The maximum Gasteiger partial charge on any atom is 0.191 e. The molecule has 124 valence electrons. The van der Waals surface area contributed by atoms with Crippen LogP contribution in [0.2, 0.25) is 0 Å². The van der Waals surface area contributed by atoms with Crippen LogP contribution < -0.4 is 10.6 Å². The number of nitrogens with one attached hydrogen (secondary N) is 2. The first-order valence-corrected chi connectivity index (χ1v) is 8.02. The van der Waals surface area contributed by atoms with Crippen LogP contribution in [0.15, 0.2) is 47.7 Å². The Hall–Kier alpha value is -2.34. The van der Waals surface area contributed by atoms with Crippen LogP contribution in [0.25, 0.3) is 5.69 Å². The molecule has 6 nitrogen and oxygen atoms in total. The van der Waals surface area contributed by atoms with Gasteiger partial charge in [0.1, 0.15) is 0 Å². The Morgan fingerprint density at radius 1 is 1.26 bits per heavy atom. The number of benzene rings is 1.